The minimum absolute atomic E-state index is 0.144. The van der Waals surface area contributed by atoms with Gasteiger partial charge in [0, 0.05) is 18.2 Å². The van der Waals surface area contributed by atoms with Crippen LogP contribution >= 0.6 is 0 Å². The van der Waals surface area contributed by atoms with E-state index in [0.29, 0.717) is 6.42 Å². The summed E-state index contributed by atoms with van der Waals surface area (Å²) in [6.07, 6.45) is 3.02. The predicted octanol–water partition coefficient (Wildman–Crippen LogP) is 0.787. The maximum absolute atomic E-state index is 11.9. The van der Waals surface area contributed by atoms with Crippen LogP contribution in [0.15, 0.2) is 34.5 Å². The highest BCUT2D eigenvalue weighted by Crippen LogP contribution is 2.45. The number of H-pyrrole nitrogens is 1. The van der Waals surface area contributed by atoms with Gasteiger partial charge in [0.15, 0.2) is 6.23 Å². The lowest BCUT2D eigenvalue weighted by atomic mass is 9.82. The molecule has 0 unspecified atom stereocenters. The SMILES string of the molecule is C=CC[C@@]1(O)[C@H](C)[C@@H](CC)O[C@H]1n1ccc(=O)[nH]c1=O. The highest BCUT2D eigenvalue weighted by atomic mass is 16.5. The summed E-state index contributed by atoms with van der Waals surface area (Å²) in [6.45, 7) is 7.52. The van der Waals surface area contributed by atoms with Crippen LogP contribution in [0.4, 0.5) is 0 Å². The van der Waals surface area contributed by atoms with Crippen LogP contribution in [0.1, 0.15) is 32.9 Å². The number of ether oxygens (including phenoxy) is 1. The molecule has 2 rings (SSSR count). The number of rotatable bonds is 4. The molecule has 1 saturated heterocycles. The Kier molecular flexibility index (Phi) is 3.96. The molecule has 0 aromatic carbocycles. The zero-order valence-corrected chi connectivity index (χ0v) is 11.7. The van der Waals surface area contributed by atoms with Crippen LogP contribution in [0, 0.1) is 5.92 Å². The summed E-state index contributed by atoms with van der Waals surface area (Å²) in [6, 6.07) is 1.24. The van der Waals surface area contributed by atoms with Gasteiger partial charge in [-0.15, -0.1) is 6.58 Å². The highest BCUT2D eigenvalue weighted by Gasteiger charge is 2.53. The third-order valence-corrected chi connectivity index (χ3v) is 4.06. The minimum atomic E-state index is -1.22. The topological polar surface area (TPSA) is 84.3 Å². The fourth-order valence-electron chi connectivity index (χ4n) is 2.83. The van der Waals surface area contributed by atoms with Crippen molar-refractivity contribution in [3.8, 4) is 0 Å². The first-order chi connectivity index (χ1) is 9.43. The van der Waals surface area contributed by atoms with Crippen molar-refractivity contribution in [3.63, 3.8) is 0 Å². The molecule has 0 radical (unpaired) electrons. The summed E-state index contributed by atoms with van der Waals surface area (Å²) >= 11 is 0. The third-order valence-electron chi connectivity index (χ3n) is 4.06. The van der Waals surface area contributed by atoms with Gasteiger partial charge in [-0.05, 0) is 12.8 Å². The van der Waals surface area contributed by atoms with E-state index < -0.39 is 23.1 Å². The van der Waals surface area contributed by atoms with E-state index in [1.165, 1.54) is 16.8 Å². The molecule has 1 aromatic heterocycles. The number of hydrogen-bond donors (Lipinski definition) is 2. The van der Waals surface area contributed by atoms with Gasteiger partial charge in [0.05, 0.1) is 6.10 Å². The molecule has 6 nitrogen and oxygen atoms in total. The smallest absolute Gasteiger partial charge is 0.330 e. The molecule has 2 N–H and O–H groups in total. The standard InChI is InChI=1S/C14H20N2O4/c1-4-7-14(19)9(3)10(5-2)20-12(14)16-8-6-11(17)15-13(16)18/h4,6,8-10,12,19H,1,5,7H2,2-3H3,(H,15,17,18)/t9-,10-,12-,14-/m1/s1. The van der Waals surface area contributed by atoms with Gasteiger partial charge in [-0.3, -0.25) is 14.3 Å². The molecule has 6 heteroatoms. The first kappa shape index (κ1) is 14.7. The first-order valence-electron chi connectivity index (χ1n) is 6.74. The van der Waals surface area contributed by atoms with Crippen LogP contribution in [-0.2, 0) is 4.74 Å². The Morgan fingerprint density at radius 3 is 2.85 bits per heavy atom. The predicted molar refractivity (Wildman–Crippen MR) is 74.5 cm³/mol. The Morgan fingerprint density at radius 2 is 2.30 bits per heavy atom. The quantitative estimate of drug-likeness (QED) is 0.799. The second-order valence-corrected chi connectivity index (χ2v) is 5.23. The van der Waals surface area contributed by atoms with Gasteiger partial charge in [-0.25, -0.2) is 4.79 Å². The van der Waals surface area contributed by atoms with Gasteiger partial charge in [0.25, 0.3) is 5.56 Å². The van der Waals surface area contributed by atoms with Crippen molar-refractivity contribution in [2.45, 2.75) is 44.6 Å². The lowest BCUT2D eigenvalue weighted by Gasteiger charge is -2.31. The van der Waals surface area contributed by atoms with E-state index in [-0.39, 0.29) is 12.0 Å². The second-order valence-electron chi connectivity index (χ2n) is 5.23. The second kappa shape index (κ2) is 5.38. The van der Waals surface area contributed by atoms with E-state index in [9.17, 15) is 14.7 Å². The lowest BCUT2D eigenvalue weighted by molar-refractivity contribution is -0.0961. The number of aromatic amines is 1. The Bertz CT molecular complexity index is 606. The van der Waals surface area contributed by atoms with Crippen LogP contribution in [0.5, 0.6) is 0 Å². The summed E-state index contributed by atoms with van der Waals surface area (Å²) in [4.78, 5) is 25.2. The molecule has 0 amide bonds. The van der Waals surface area contributed by atoms with Crippen LogP contribution in [0.25, 0.3) is 0 Å². The largest absolute Gasteiger partial charge is 0.384 e. The van der Waals surface area contributed by atoms with Crippen LogP contribution < -0.4 is 11.2 Å². The van der Waals surface area contributed by atoms with E-state index in [2.05, 4.69) is 11.6 Å². The van der Waals surface area contributed by atoms with E-state index in [1.54, 1.807) is 6.08 Å². The Labute approximate surface area is 116 Å². The molecule has 0 bridgehead atoms. The van der Waals surface area contributed by atoms with Gasteiger partial charge in [-0.2, -0.15) is 0 Å². The first-order valence-corrected chi connectivity index (χ1v) is 6.74. The molecule has 20 heavy (non-hydrogen) atoms. The molecular weight excluding hydrogens is 260 g/mol. The van der Waals surface area contributed by atoms with Crippen molar-refractivity contribution in [3.05, 3.63) is 45.8 Å². The Hall–Kier alpha value is -1.66. The van der Waals surface area contributed by atoms with Crippen molar-refractivity contribution < 1.29 is 9.84 Å². The average molecular weight is 280 g/mol. The lowest BCUT2D eigenvalue weighted by Crippen LogP contribution is -2.44. The van der Waals surface area contributed by atoms with Crippen molar-refractivity contribution in [2.24, 2.45) is 5.92 Å². The number of aromatic nitrogens is 2. The molecule has 1 aliphatic rings. The fourth-order valence-corrected chi connectivity index (χ4v) is 2.83. The zero-order valence-electron chi connectivity index (χ0n) is 11.7. The van der Waals surface area contributed by atoms with Crippen molar-refractivity contribution in [2.75, 3.05) is 0 Å². The minimum Gasteiger partial charge on any atom is -0.384 e. The number of nitrogens with one attached hydrogen (secondary N) is 1. The fraction of sp³-hybridized carbons (Fsp3) is 0.571. The summed E-state index contributed by atoms with van der Waals surface area (Å²) < 4.78 is 7.07. The number of hydrogen-bond acceptors (Lipinski definition) is 4. The Balaban J connectivity index is 2.50. The van der Waals surface area contributed by atoms with Gasteiger partial charge < -0.3 is 9.84 Å². The molecule has 2 heterocycles. The maximum Gasteiger partial charge on any atom is 0.330 e. The summed E-state index contributed by atoms with van der Waals surface area (Å²) in [5.74, 6) is -0.144. The molecule has 1 aromatic rings. The summed E-state index contributed by atoms with van der Waals surface area (Å²) in [5, 5.41) is 10.9. The van der Waals surface area contributed by atoms with Gasteiger partial charge in [0.1, 0.15) is 5.60 Å². The van der Waals surface area contributed by atoms with E-state index in [0.717, 1.165) is 6.42 Å². The average Bonchev–Trinajstić information content (AvgIpc) is 2.63. The molecule has 1 fully saturated rings. The molecule has 1 aliphatic heterocycles. The van der Waals surface area contributed by atoms with Gasteiger partial charge >= 0.3 is 5.69 Å². The van der Waals surface area contributed by atoms with Crippen molar-refractivity contribution in [1.29, 1.82) is 0 Å². The molecule has 0 saturated carbocycles. The molecule has 110 valence electrons. The van der Waals surface area contributed by atoms with E-state index in [1.807, 2.05) is 13.8 Å². The maximum atomic E-state index is 11.9. The molecule has 0 spiro atoms. The Morgan fingerprint density at radius 1 is 1.60 bits per heavy atom. The van der Waals surface area contributed by atoms with Crippen LogP contribution in [0.2, 0.25) is 0 Å². The van der Waals surface area contributed by atoms with Gasteiger partial charge in [0.2, 0.25) is 0 Å². The van der Waals surface area contributed by atoms with E-state index >= 15 is 0 Å². The zero-order chi connectivity index (χ0) is 14.9. The van der Waals surface area contributed by atoms with Crippen molar-refractivity contribution >= 4 is 0 Å². The normalized spacial score (nSPS) is 33.2. The van der Waals surface area contributed by atoms with Crippen molar-refractivity contribution in [1.82, 2.24) is 9.55 Å². The monoisotopic (exact) mass is 280 g/mol. The highest BCUT2D eigenvalue weighted by molar-refractivity contribution is 5.03. The van der Waals surface area contributed by atoms with Crippen LogP contribution in [-0.4, -0.2) is 26.4 Å². The molecule has 4 atom stereocenters. The number of nitrogens with zero attached hydrogens (tertiary/aromatic N) is 1. The number of aliphatic hydroxyl groups is 1. The summed E-state index contributed by atoms with van der Waals surface area (Å²) in [7, 11) is 0. The summed E-state index contributed by atoms with van der Waals surface area (Å²) in [5.41, 5.74) is -2.28. The third kappa shape index (κ3) is 2.25. The van der Waals surface area contributed by atoms with E-state index in [4.69, 9.17) is 4.74 Å². The molecular formula is C14H20N2O4. The van der Waals surface area contributed by atoms with Gasteiger partial charge in [-0.1, -0.05) is 19.9 Å². The van der Waals surface area contributed by atoms with Crippen LogP contribution in [0.3, 0.4) is 0 Å². The molecule has 0 aliphatic carbocycles.